The molecule has 16 heteroatoms. The molecule has 48 heavy (non-hydrogen) atoms. The van der Waals surface area contributed by atoms with Crippen molar-refractivity contribution in [3.8, 4) is 5.69 Å². The molecule has 5 rings (SSSR count). The van der Waals surface area contributed by atoms with Gasteiger partial charge in [-0.1, -0.05) is 6.07 Å². The molecule has 0 bridgehead atoms. The van der Waals surface area contributed by atoms with Gasteiger partial charge in [-0.15, -0.1) is 0 Å². The molecule has 1 fully saturated rings. The number of aromatic nitrogens is 5. The zero-order valence-corrected chi connectivity index (χ0v) is 26.8. The van der Waals surface area contributed by atoms with E-state index in [1.54, 1.807) is 11.0 Å². The van der Waals surface area contributed by atoms with Crippen LogP contribution in [0.15, 0.2) is 65.8 Å². The summed E-state index contributed by atoms with van der Waals surface area (Å²) >= 11 is 0. The van der Waals surface area contributed by atoms with Crippen LogP contribution in [0.25, 0.3) is 5.69 Å². The molecule has 1 saturated heterocycles. The van der Waals surface area contributed by atoms with E-state index >= 15 is 4.39 Å². The predicted molar refractivity (Wildman–Crippen MR) is 173 cm³/mol. The monoisotopic (exact) mass is 660 g/mol. The first-order valence-corrected chi connectivity index (χ1v) is 15.5. The number of carbonyl (C=O) groups is 4. The third-order valence-corrected chi connectivity index (χ3v) is 8.03. The number of piperazine rings is 1. The number of carbonyl (C=O) groups excluding carboxylic acids is 4. The number of amides is 4. The van der Waals surface area contributed by atoms with Crippen LogP contribution in [-0.4, -0.2) is 103 Å². The summed E-state index contributed by atoms with van der Waals surface area (Å²) < 4.78 is 18.1. The van der Waals surface area contributed by atoms with Gasteiger partial charge in [0.05, 0.1) is 17.6 Å². The van der Waals surface area contributed by atoms with Gasteiger partial charge in [-0.05, 0) is 56.8 Å². The SMILES string of the molecule is CCn1nccc1C(=O)N[C@@H](C)C(=O)Nc1ccc(C[C@@H](NC(=O)c2ccnn2-c2ccc(=O)[nH]c2)C(=O)N2CCN(C)CC2)cc1F. The molecule has 252 valence electrons. The number of nitrogens with zero attached hydrogens (tertiary/aromatic N) is 6. The van der Waals surface area contributed by atoms with Gasteiger partial charge in [0, 0.05) is 57.6 Å². The highest BCUT2D eigenvalue weighted by molar-refractivity contribution is 6.00. The molecule has 4 heterocycles. The summed E-state index contributed by atoms with van der Waals surface area (Å²) in [7, 11) is 1.96. The standard InChI is InChI=1S/C32H37FN10O5/c1-4-42-26(9-11-35-42)30(46)37-20(2)29(45)38-24-7-5-21(17-23(24)33)18-25(32(48)41-15-13-40(3)14-16-41)39-31(47)27-10-12-36-43(27)22-6-8-28(44)34-19-22/h5-12,17,19-20,25H,4,13-16,18H2,1-3H3,(H,34,44)(H,37,46)(H,38,45)(H,39,47)/t20-,25+/m0/s1. The van der Waals surface area contributed by atoms with Crippen molar-refractivity contribution < 1.29 is 23.6 Å². The van der Waals surface area contributed by atoms with Gasteiger partial charge in [0.25, 0.3) is 11.8 Å². The summed E-state index contributed by atoms with van der Waals surface area (Å²) in [5.74, 6) is -2.79. The van der Waals surface area contributed by atoms with Gasteiger partial charge < -0.3 is 30.7 Å². The van der Waals surface area contributed by atoms with E-state index in [1.807, 2.05) is 14.0 Å². The van der Waals surface area contributed by atoms with Crippen molar-refractivity contribution in [2.45, 2.75) is 38.9 Å². The lowest BCUT2D eigenvalue weighted by atomic mass is 10.0. The Hall–Kier alpha value is -5.64. The largest absolute Gasteiger partial charge is 0.339 e. The molecular weight excluding hydrogens is 623 g/mol. The number of hydrogen-bond donors (Lipinski definition) is 4. The number of hydrogen-bond acceptors (Lipinski definition) is 8. The molecular formula is C32H37FN10O5. The summed E-state index contributed by atoms with van der Waals surface area (Å²) in [5.41, 5.74) is 0.836. The summed E-state index contributed by atoms with van der Waals surface area (Å²) in [6.45, 7) is 6.04. The van der Waals surface area contributed by atoms with E-state index in [2.05, 4.69) is 36.0 Å². The number of pyridine rings is 1. The van der Waals surface area contributed by atoms with Gasteiger partial charge in [-0.3, -0.25) is 28.7 Å². The number of aryl methyl sites for hydroxylation is 1. The molecule has 0 radical (unpaired) electrons. The topological polar surface area (TPSA) is 179 Å². The van der Waals surface area contributed by atoms with Gasteiger partial charge in [0.2, 0.25) is 17.4 Å². The lowest BCUT2D eigenvalue weighted by Gasteiger charge is -2.34. The molecule has 0 spiro atoms. The molecule has 4 amide bonds. The minimum Gasteiger partial charge on any atom is -0.339 e. The number of H-pyrrole nitrogens is 1. The molecule has 4 N–H and O–H groups in total. The van der Waals surface area contributed by atoms with Crippen molar-refractivity contribution >= 4 is 29.3 Å². The molecule has 1 aromatic carbocycles. The van der Waals surface area contributed by atoms with Crippen LogP contribution in [-0.2, 0) is 22.6 Å². The number of benzene rings is 1. The first kappa shape index (κ1) is 33.7. The fourth-order valence-corrected chi connectivity index (χ4v) is 5.27. The molecule has 3 aromatic heterocycles. The number of rotatable bonds is 11. The van der Waals surface area contributed by atoms with Gasteiger partial charge in [0.15, 0.2) is 0 Å². The first-order valence-electron chi connectivity index (χ1n) is 15.5. The maximum Gasteiger partial charge on any atom is 0.270 e. The quantitative estimate of drug-likeness (QED) is 0.182. The number of halogens is 1. The summed E-state index contributed by atoms with van der Waals surface area (Å²) in [6.07, 6.45) is 4.29. The summed E-state index contributed by atoms with van der Waals surface area (Å²) in [6, 6.07) is 7.92. The molecule has 0 aliphatic carbocycles. The Bertz CT molecular complexity index is 1840. The fourth-order valence-electron chi connectivity index (χ4n) is 5.27. The first-order chi connectivity index (χ1) is 23.0. The van der Waals surface area contributed by atoms with Crippen LogP contribution in [0.4, 0.5) is 10.1 Å². The summed E-state index contributed by atoms with van der Waals surface area (Å²) in [4.78, 5) is 70.5. The number of aromatic amines is 1. The molecule has 2 atom stereocenters. The van der Waals surface area contributed by atoms with Crippen molar-refractivity contribution in [1.29, 1.82) is 0 Å². The highest BCUT2D eigenvalue weighted by Crippen LogP contribution is 2.19. The van der Waals surface area contributed by atoms with Crippen molar-refractivity contribution in [3.63, 3.8) is 0 Å². The van der Waals surface area contributed by atoms with E-state index in [4.69, 9.17) is 0 Å². The number of anilines is 1. The second-order valence-corrected chi connectivity index (χ2v) is 11.4. The Morgan fingerprint density at radius 3 is 2.33 bits per heavy atom. The van der Waals surface area contributed by atoms with Crippen LogP contribution >= 0.6 is 0 Å². The smallest absolute Gasteiger partial charge is 0.270 e. The Morgan fingerprint density at radius 1 is 0.938 bits per heavy atom. The number of likely N-dealkylation sites (N-methyl/N-ethyl adjacent to an activating group) is 1. The second kappa shape index (κ2) is 14.8. The van der Waals surface area contributed by atoms with Crippen LogP contribution < -0.4 is 21.5 Å². The zero-order chi connectivity index (χ0) is 34.4. The van der Waals surface area contributed by atoms with Gasteiger partial charge in [0.1, 0.15) is 29.3 Å². The molecule has 1 aliphatic heterocycles. The fraction of sp³-hybridized carbons (Fsp3) is 0.344. The highest BCUT2D eigenvalue weighted by atomic mass is 19.1. The van der Waals surface area contributed by atoms with Crippen LogP contribution in [0, 0.1) is 5.82 Å². The van der Waals surface area contributed by atoms with E-state index in [0.717, 1.165) is 0 Å². The van der Waals surface area contributed by atoms with E-state index in [9.17, 15) is 24.0 Å². The van der Waals surface area contributed by atoms with Crippen LogP contribution in [0.2, 0.25) is 0 Å². The lowest BCUT2D eigenvalue weighted by molar-refractivity contribution is -0.134. The lowest BCUT2D eigenvalue weighted by Crippen LogP contribution is -2.55. The summed E-state index contributed by atoms with van der Waals surface area (Å²) in [5, 5.41) is 16.1. The predicted octanol–water partition coefficient (Wildman–Crippen LogP) is 0.788. The minimum atomic E-state index is -1.05. The van der Waals surface area contributed by atoms with Crippen LogP contribution in [0.5, 0.6) is 0 Å². The molecule has 0 unspecified atom stereocenters. The Labute approximate surface area is 275 Å². The third-order valence-electron chi connectivity index (χ3n) is 8.03. The molecule has 0 saturated carbocycles. The van der Waals surface area contributed by atoms with Crippen molar-refractivity contribution in [1.82, 2.24) is 45.0 Å². The maximum atomic E-state index is 15.3. The van der Waals surface area contributed by atoms with E-state index in [1.165, 1.54) is 71.3 Å². The van der Waals surface area contributed by atoms with Crippen LogP contribution in [0.1, 0.15) is 40.4 Å². The average molecular weight is 661 g/mol. The highest BCUT2D eigenvalue weighted by Gasteiger charge is 2.30. The Balaban J connectivity index is 1.30. The normalized spacial score (nSPS) is 14.6. The van der Waals surface area contributed by atoms with Crippen molar-refractivity contribution in [2.75, 3.05) is 38.5 Å². The third kappa shape index (κ3) is 7.83. The zero-order valence-electron chi connectivity index (χ0n) is 26.8. The molecule has 15 nitrogen and oxygen atoms in total. The van der Waals surface area contributed by atoms with E-state index in [-0.39, 0.29) is 29.3 Å². The van der Waals surface area contributed by atoms with E-state index < -0.39 is 35.6 Å². The van der Waals surface area contributed by atoms with Crippen LogP contribution in [0.3, 0.4) is 0 Å². The van der Waals surface area contributed by atoms with Gasteiger partial charge >= 0.3 is 0 Å². The van der Waals surface area contributed by atoms with Crippen molar-refractivity contribution in [2.24, 2.45) is 0 Å². The molecule has 1 aliphatic rings. The Kier molecular flexibility index (Phi) is 10.4. The van der Waals surface area contributed by atoms with Crippen molar-refractivity contribution in [3.05, 3.63) is 94.2 Å². The van der Waals surface area contributed by atoms with E-state index in [0.29, 0.717) is 49.7 Å². The average Bonchev–Trinajstić information content (AvgIpc) is 3.76. The number of nitrogens with one attached hydrogen (secondary N) is 4. The molecule has 4 aromatic rings. The van der Waals surface area contributed by atoms with Gasteiger partial charge in [-0.25, -0.2) is 9.07 Å². The maximum absolute atomic E-state index is 15.3. The Morgan fingerprint density at radius 2 is 1.65 bits per heavy atom. The van der Waals surface area contributed by atoms with Gasteiger partial charge in [-0.2, -0.15) is 10.2 Å². The minimum absolute atomic E-state index is 0.0353. The second-order valence-electron chi connectivity index (χ2n) is 11.4.